The molecule has 0 bridgehead atoms. The molecule has 1 heterocycles. The summed E-state index contributed by atoms with van der Waals surface area (Å²) in [6.45, 7) is 1.05. The average molecular weight is 200 g/mol. The van der Waals surface area contributed by atoms with Crippen LogP contribution in [0, 0.1) is 0 Å². The third-order valence-corrected chi connectivity index (χ3v) is 1.53. The quantitative estimate of drug-likeness (QED) is 0.703. The van der Waals surface area contributed by atoms with Gasteiger partial charge in [-0.15, -0.1) is 0 Å². The number of aromatic carboxylic acids is 1. The second-order valence-electron chi connectivity index (χ2n) is 2.62. The minimum atomic E-state index is -1.10. The Hall–Kier alpha value is -1.49. The Bertz CT molecular complexity index is 291. The first-order valence-electron chi connectivity index (χ1n) is 4.19. The van der Waals surface area contributed by atoms with Crippen molar-refractivity contribution in [3.63, 3.8) is 0 Å². The zero-order chi connectivity index (χ0) is 10.4. The van der Waals surface area contributed by atoms with Gasteiger partial charge in [0.15, 0.2) is 0 Å². The number of hydrogen-bond acceptors (Lipinski definition) is 4. The highest BCUT2D eigenvalue weighted by atomic mass is 16.6. The summed E-state index contributed by atoms with van der Waals surface area (Å²) in [6.07, 6.45) is 0.736. The van der Waals surface area contributed by atoms with Gasteiger partial charge in [0, 0.05) is 26.2 Å². The highest BCUT2D eigenvalue weighted by molar-refractivity contribution is 5.84. The van der Waals surface area contributed by atoms with Gasteiger partial charge in [0.2, 0.25) is 5.76 Å². The first kappa shape index (κ1) is 10.6. The van der Waals surface area contributed by atoms with Crippen LogP contribution in [0.25, 0.3) is 0 Å². The van der Waals surface area contributed by atoms with Gasteiger partial charge in [-0.25, -0.2) is 4.79 Å². The molecule has 0 saturated heterocycles. The van der Waals surface area contributed by atoms with E-state index in [2.05, 4.69) is 0 Å². The van der Waals surface area contributed by atoms with Crippen LogP contribution in [0.4, 0.5) is 0 Å². The molecule has 0 radical (unpaired) electrons. The number of ether oxygens (including phenoxy) is 2. The van der Waals surface area contributed by atoms with E-state index in [4.69, 9.17) is 19.0 Å². The summed E-state index contributed by atoms with van der Waals surface area (Å²) in [5, 5.41) is 8.54. The summed E-state index contributed by atoms with van der Waals surface area (Å²) >= 11 is 0. The van der Waals surface area contributed by atoms with Crippen LogP contribution >= 0.6 is 0 Å². The van der Waals surface area contributed by atoms with E-state index >= 15 is 0 Å². The van der Waals surface area contributed by atoms with Crippen LogP contribution in [0.1, 0.15) is 17.0 Å². The van der Waals surface area contributed by atoms with Gasteiger partial charge < -0.3 is 19.0 Å². The van der Waals surface area contributed by atoms with Crippen molar-refractivity contribution in [3.05, 3.63) is 17.9 Å². The topological polar surface area (TPSA) is 68.9 Å². The van der Waals surface area contributed by atoms with Crippen molar-refractivity contribution in [2.75, 3.05) is 20.3 Å². The van der Waals surface area contributed by atoms with Crippen LogP contribution in [0.2, 0.25) is 0 Å². The largest absolute Gasteiger partial charge is 0.475 e. The third kappa shape index (κ3) is 3.10. The monoisotopic (exact) mass is 200 g/mol. The normalized spacial score (nSPS) is 10.1. The van der Waals surface area contributed by atoms with E-state index in [1.807, 2.05) is 0 Å². The van der Waals surface area contributed by atoms with E-state index in [0.29, 0.717) is 13.2 Å². The molecule has 5 heteroatoms. The highest BCUT2D eigenvalue weighted by Gasteiger charge is 2.08. The SMILES string of the molecule is COCCCOc1ccc(C(=O)O)o1. The predicted octanol–water partition coefficient (Wildman–Crippen LogP) is 1.39. The Morgan fingerprint density at radius 1 is 1.50 bits per heavy atom. The molecular formula is C9H12O5. The fraction of sp³-hybridized carbons (Fsp3) is 0.444. The van der Waals surface area contributed by atoms with Gasteiger partial charge in [0.1, 0.15) is 0 Å². The van der Waals surface area contributed by atoms with Gasteiger partial charge in [-0.3, -0.25) is 0 Å². The lowest BCUT2D eigenvalue weighted by Crippen LogP contribution is -2.00. The third-order valence-electron chi connectivity index (χ3n) is 1.53. The van der Waals surface area contributed by atoms with Crippen LogP contribution < -0.4 is 4.74 Å². The smallest absolute Gasteiger partial charge is 0.371 e. The van der Waals surface area contributed by atoms with Crippen molar-refractivity contribution >= 4 is 5.97 Å². The second kappa shape index (κ2) is 5.29. The van der Waals surface area contributed by atoms with Crippen molar-refractivity contribution in [2.24, 2.45) is 0 Å². The number of furan rings is 1. The molecule has 1 rings (SSSR count). The minimum absolute atomic E-state index is 0.119. The van der Waals surface area contributed by atoms with Gasteiger partial charge in [-0.05, 0) is 6.07 Å². The zero-order valence-corrected chi connectivity index (χ0v) is 7.86. The molecule has 14 heavy (non-hydrogen) atoms. The molecule has 0 aliphatic rings. The lowest BCUT2D eigenvalue weighted by atomic mass is 10.5. The van der Waals surface area contributed by atoms with Crippen LogP contribution in [0.5, 0.6) is 5.95 Å². The summed E-state index contributed by atoms with van der Waals surface area (Å²) in [5.41, 5.74) is 0. The van der Waals surface area contributed by atoms with Crippen molar-refractivity contribution < 1.29 is 23.8 Å². The Balaban J connectivity index is 2.33. The maximum atomic E-state index is 10.4. The van der Waals surface area contributed by atoms with E-state index < -0.39 is 5.97 Å². The Kier molecular flexibility index (Phi) is 4.00. The van der Waals surface area contributed by atoms with E-state index in [-0.39, 0.29) is 11.7 Å². The number of carboxylic acid groups (broad SMARTS) is 1. The number of hydrogen-bond donors (Lipinski definition) is 1. The second-order valence-corrected chi connectivity index (χ2v) is 2.62. The molecular weight excluding hydrogens is 188 g/mol. The van der Waals surface area contributed by atoms with Crippen LogP contribution in [0.3, 0.4) is 0 Å². The van der Waals surface area contributed by atoms with Gasteiger partial charge >= 0.3 is 5.97 Å². The number of carbonyl (C=O) groups is 1. The molecule has 0 aliphatic heterocycles. The molecule has 0 atom stereocenters. The first-order valence-corrected chi connectivity index (χ1v) is 4.19. The lowest BCUT2D eigenvalue weighted by molar-refractivity contribution is 0.0652. The van der Waals surface area contributed by atoms with Crippen molar-refractivity contribution in [1.82, 2.24) is 0 Å². The van der Waals surface area contributed by atoms with Crippen molar-refractivity contribution in [2.45, 2.75) is 6.42 Å². The van der Waals surface area contributed by atoms with Crippen LogP contribution in [-0.2, 0) is 4.74 Å². The van der Waals surface area contributed by atoms with E-state index in [1.165, 1.54) is 12.1 Å². The zero-order valence-electron chi connectivity index (χ0n) is 7.86. The number of methoxy groups -OCH3 is 1. The van der Waals surface area contributed by atoms with Gasteiger partial charge in [0.25, 0.3) is 5.95 Å². The molecule has 1 N–H and O–H groups in total. The van der Waals surface area contributed by atoms with Crippen LogP contribution in [0.15, 0.2) is 16.5 Å². The maximum Gasteiger partial charge on any atom is 0.371 e. The highest BCUT2D eigenvalue weighted by Crippen LogP contribution is 2.15. The Morgan fingerprint density at radius 3 is 2.86 bits per heavy atom. The Morgan fingerprint density at radius 2 is 2.29 bits per heavy atom. The summed E-state index contributed by atoms with van der Waals surface area (Å²) in [4.78, 5) is 10.4. The molecule has 0 aromatic carbocycles. The fourth-order valence-corrected chi connectivity index (χ4v) is 0.889. The predicted molar refractivity (Wildman–Crippen MR) is 47.7 cm³/mol. The Labute approximate surface area is 81.2 Å². The molecule has 0 saturated carbocycles. The molecule has 5 nitrogen and oxygen atoms in total. The van der Waals surface area contributed by atoms with Gasteiger partial charge in [-0.2, -0.15) is 0 Å². The van der Waals surface area contributed by atoms with Crippen molar-refractivity contribution in [1.29, 1.82) is 0 Å². The summed E-state index contributed by atoms with van der Waals surface area (Å²) in [5.74, 6) is -0.998. The standard InChI is InChI=1S/C9H12O5/c1-12-5-2-6-13-8-4-3-7(14-8)9(10)11/h3-4H,2,5-6H2,1H3,(H,10,11). The number of rotatable bonds is 6. The molecule has 1 aromatic heterocycles. The molecule has 0 fully saturated rings. The first-order chi connectivity index (χ1) is 6.74. The van der Waals surface area contributed by atoms with E-state index in [1.54, 1.807) is 7.11 Å². The summed E-state index contributed by atoms with van der Waals surface area (Å²) in [7, 11) is 1.61. The summed E-state index contributed by atoms with van der Waals surface area (Å²) < 4.78 is 14.8. The van der Waals surface area contributed by atoms with E-state index in [9.17, 15) is 4.79 Å². The summed E-state index contributed by atoms with van der Waals surface area (Å²) in [6, 6.07) is 2.84. The molecule has 78 valence electrons. The molecule has 0 amide bonds. The molecule has 1 aromatic rings. The molecule has 0 unspecified atom stereocenters. The number of carboxylic acids is 1. The average Bonchev–Trinajstić information content (AvgIpc) is 2.61. The van der Waals surface area contributed by atoms with Crippen molar-refractivity contribution in [3.8, 4) is 5.95 Å². The minimum Gasteiger partial charge on any atom is -0.475 e. The molecule has 0 spiro atoms. The van der Waals surface area contributed by atoms with Gasteiger partial charge in [0.05, 0.1) is 6.61 Å². The lowest BCUT2D eigenvalue weighted by Gasteiger charge is -2.00. The van der Waals surface area contributed by atoms with Crippen LogP contribution in [-0.4, -0.2) is 31.4 Å². The van der Waals surface area contributed by atoms with Gasteiger partial charge in [-0.1, -0.05) is 0 Å². The fourth-order valence-electron chi connectivity index (χ4n) is 0.889. The molecule has 0 aliphatic carbocycles. The maximum absolute atomic E-state index is 10.4. The van der Waals surface area contributed by atoms with E-state index in [0.717, 1.165) is 6.42 Å².